The lowest BCUT2D eigenvalue weighted by Crippen LogP contribution is -2.23. The molecule has 1 atom stereocenters. The summed E-state index contributed by atoms with van der Waals surface area (Å²) in [5, 5.41) is 1.28. The third-order valence-corrected chi connectivity index (χ3v) is 2.94. The number of H-pyrrole nitrogens is 1. The van der Waals surface area contributed by atoms with Crippen LogP contribution in [0.2, 0.25) is 0 Å². The molecule has 86 valence electrons. The number of nitrogens with one attached hydrogen (secondary N) is 1. The van der Waals surface area contributed by atoms with E-state index in [1.165, 1.54) is 16.5 Å². The molecule has 3 nitrogen and oxygen atoms in total. The van der Waals surface area contributed by atoms with Crippen molar-refractivity contribution in [2.24, 2.45) is 11.5 Å². The highest BCUT2D eigenvalue weighted by atomic mass is 14.7. The highest BCUT2D eigenvalue weighted by Gasteiger charge is 2.07. The summed E-state index contributed by atoms with van der Waals surface area (Å²) in [6.07, 6.45) is 4.98. The predicted molar refractivity (Wildman–Crippen MR) is 68.3 cm³/mol. The minimum atomic E-state index is 0.211. The number of para-hydroxylation sites is 1. The van der Waals surface area contributed by atoms with Crippen LogP contribution in [-0.4, -0.2) is 17.6 Å². The van der Waals surface area contributed by atoms with Crippen LogP contribution in [0.25, 0.3) is 10.9 Å². The van der Waals surface area contributed by atoms with Gasteiger partial charge in [0.1, 0.15) is 0 Å². The highest BCUT2D eigenvalue weighted by Crippen LogP contribution is 2.19. The van der Waals surface area contributed by atoms with Crippen LogP contribution in [0.5, 0.6) is 0 Å². The van der Waals surface area contributed by atoms with Gasteiger partial charge in [0.15, 0.2) is 0 Å². The van der Waals surface area contributed by atoms with E-state index >= 15 is 0 Å². The molecule has 5 N–H and O–H groups in total. The third-order valence-electron chi connectivity index (χ3n) is 2.94. The zero-order chi connectivity index (χ0) is 11.4. The number of nitrogens with two attached hydrogens (primary N) is 2. The summed E-state index contributed by atoms with van der Waals surface area (Å²) >= 11 is 0. The summed E-state index contributed by atoms with van der Waals surface area (Å²) in [5.74, 6) is 0. The van der Waals surface area contributed by atoms with Crippen molar-refractivity contribution in [2.75, 3.05) is 6.54 Å². The molecule has 0 saturated carbocycles. The van der Waals surface area contributed by atoms with Gasteiger partial charge in [0.25, 0.3) is 0 Å². The van der Waals surface area contributed by atoms with Crippen molar-refractivity contribution in [3.63, 3.8) is 0 Å². The van der Waals surface area contributed by atoms with Crippen LogP contribution >= 0.6 is 0 Å². The fourth-order valence-electron chi connectivity index (χ4n) is 2.07. The molecule has 3 heteroatoms. The molecule has 1 aromatic heterocycles. The van der Waals surface area contributed by atoms with Gasteiger partial charge in [-0.2, -0.15) is 0 Å². The van der Waals surface area contributed by atoms with Gasteiger partial charge in [0, 0.05) is 23.1 Å². The fourth-order valence-corrected chi connectivity index (χ4v) is 2.07. The first-order chi connectivity index (χ1) is 7.81. The molecule has 0 bridgehead atoms. The summed E-state index contributed by atoms with van der Waals surface area (Å²) in [4.78, 5) is 3.27. The maximum absolute atomic E-state index is 6.07. The molecule has 1 unspecified atom stereocenters. The fraction of sp³-hybridized carbons (Fsp3) is 0.385. The van der Waals surface area contributed by atoms with Crippen LogP contribution < -0.4 is 11.5 Å². The number of hydrogen-bond acceptors (Lipinski definition) is 2. The Bertz CT molecular complexity index is 447. The lowest BCUT2D eigenvalue weighted by Gasteiger charge is -2.09. The molecular formula is C13H19N3. The Morgan fingerprint density at radius 1 is 1.25 bits per heavy atom. The van der Waals surface area contributed by atoms with Crippen LogP contribution in [0.15, 0.2) is 30.5 Å². The molecule has 0 aliphatic rings. The Hall–Kier alpha value is -1.32. The first-order valence-corrected chi connectivity index (χ1v) is 5.82. The van der Waals surface area contributed by atoms with E-state index in [4.69, 9.17) is 11.5 Å². The first-order valence-electron chi connectivity index (χ1n) is 5.82. The average Bonchev–Trinajstić information content (AvgIpc) is 2.70. The second-order valence-electron chi connectivity index (χ2n) is 4.25. The van der Waals surface area contributed by atoms with Crippen LogP contribution in [0.1, 0.15) is 18.4 Å². The number of fused-ring (bicyclic) bond motifs is 1. The zero-order valence-corrected chi connectivity index (χ0v) is 9.45. The molecule has 0 saturated heterocycles. The van der Waals surface area contributed by atoms with Crippen molar-refractivity contribution in [3.8, 4) is 0 Å². The topological polar surface area (TPSA) is 67.8 Å². The van der Waals surface area contributed by atoms with Crippen molar-refractivity contribution in [2.45, 2.75) is 25.3 Å². The molecule has 0 spiro atoms. The van der Waals surface area contributed by atoms with Crippen LogP contribution in [0.3, 0.4) is 0 Å². The Kier molecular flexibility index (Phi) is 3.59. The molecule has 2 aromatic rings. The van der Waals surface area contributed by atoms with E-state index in [-0.39, 0.29) is 6.04 Å². The highest BCUT2D eigenvalue weighted by molar-refractivity contribution is 5.83. The van der Waals surface area contributed by atoms with E-state index < -0.39 is 0 Å². The van der Waals surface area contributed by atoms with Gasteiger partial charge in [-0.15, -0.1) is 0 Å². The van der Waals surface area contributed by atoms with Gasteiger partial charge >= 0.3 is 0 Å². The van der Waals surface area contributed by atoms with E-state index in [0.717, 1.165) is 25.8 Å². The van der Waals surface area contributed by atoms with Gasteiger partial charge < -0.3 is 16.5 Å². The molecule has 0 aliphatic heterocycles. The smallest absolute Gasteiger partial charge is 0.0456 e. The number of aromatic amines is 1. The van der Waals surface area contributed by atoms with Crippen molar-refractivity contribution < 1.29 is 0 Å². The number of benzene rings is 1. The molecule has 1 aromatic carbocycles. The van der Waals surface area contributed by atoms with Crippen LogP contribution in [-0.2, 0) is 6.42 Å². The lowest BCUT2D eigenvalue weighted by molar-refractivity contribution is 0.587. The van der Waals surface area contributed by atoms with E-state index in [1.807, 2.05) is 6.07 Å². The van der Waals surface area contributed by atoms with Gasteiger partial charge in [-0.1, -0.05) is 18.2 Å². The Morgan fingerprint density at radius 2 is 2.06 bits per heavy atom. The third kappa shape index (κ3) is 2.43. The summed E-state index contributed by atoms with van der Waals surface area (Å²) in [7, 11) is 0. The Labute approximate surface area is 95.8 Å². The largest absolute Gasteiger partial charge is 0.361 e. The minimum absolute atomic E-state index is 0.211. The minimum Gasteiger partial charge on any atom is -0.361 e. The number of rotatable bonds is 5. The standard InChI is InChI=1S/C13H19N3/c14-7-3-4-11(15)8-10-9-16-13-6-2-1-5-12(10)13/h1-2,5-6,9,11,16H,3-4,7-8,14-15H2. The molecule has 0 fully saturated rings. The van der Waals surface area contributed by atoms with Crippen LogP contribution in [0, 0.1) is 0 Å². The van der Waals surface area contributed by atoms with Gasteiger partial charge in [-0.05, 0) is 37.4 Å². The van der Waals surface area contributed by atoms with Crippen molar-refractivity contribution >= 4 is 10.9 Å². The monoisotopic (exact) mass is 217 g/mol. The first kappa shape index (κ1) is 11.2. The quantitative estimate of drug-likeness (QED) is 0.714. The zero-order valence-electron chi connectivity index (χ0n) is 9.45. The average molecular weight is 217 g/mol. The Morgan fingerprint density at radius 3 is 2.88 bits per heavy atom. The molecule has 1 heterocycles. The second-order valence-corrected chi connectivity index (χ2v) is 4.25. The normalized spacial score (nSPS) is 13.1. The molecule has 0 amide bonds. The molecule has 16 heavy (non-hydrogen) atoms. The maximum atomic E-state index is 6.07. The summed E-state index contributed by atoms with van der Waals surface area (Å²) < 4.78 is 0. The molecular weight excluding hydrogens is 198 g/mol. The predicted octanol–water partition coefficient (Wildman–Crippen LogP) is 1.78. The van der Waals surface area contributed by atoms with E-state index in [1.54, 1.807) is 0 Å². The van der Waals surface area contributed by atoms with Gasteiger partial charge in [-0.3, -0.25) is 0 Å². The van der Waals surface area contributed by atoms with Gasteiger partial charge in [0.2, 0.25) is 0 Å². The number of aromatic nitrogens is 1. The van der Waals surface area contributed by atoms with E-state index in [2.05, 4.69) is 29.4 Å². The van der Waals surface area contributed by atoms with E-state index in [0.29, 0.717) is 0 Å². The summed E-state index contributed by atoms with van der Waals surface area (Å²) in [5.41, 5.74) is 14.0. The maximum Gasteiger partial charge on any atom is 0.0456 e. The SMILES string of the molecule is NCCCC(N)Cc1c[nH]c2ccccc12. The van der Waals surface area contributed by atoms with Gasteiger partial charge in [-0.25, -0.2) is 0 Å². The van der Waals surface area contributed by atoms with E-state index in [9.17, 15) is 0 Å². The van der Waals surface area contributed by atoms with Crippen molar-refractivity contribution in [1.82, 2.24) is 4.98 Å². The summed E-state index contributed by atoms with van der Waals surface area (Å²) in [6, 6.07) is 8.53. The molecule has 0 radical (unpaired) electrons. The van der Waals surface area contributed by atoms with Crippen molar-refractivity contribution in [1.29, 1.82) is 0 Å². The van der Waals surface area contributed by atoms with Gasteiger partial charge in [0.05, 0.1) is 0 Å². The second kappa shape index (κ2) is 5.14. The molecule has 0 aliphatic carbocycles. The lowest BCUT2D eigenvalue weighted by atomic mass is 10.0. The van der Waals surface area contributed by atoms with Crippen LogP contribution in [0.4, 0.5) is 0 Å². The summed E-state index contributed by atoms with van der Waals surface area (Å²) in [6.45, 7) is 0.724. The number of hydrogen-bond donors (Lipinski definition) is 3. The van der Waals surface area contributed by atoms with Crippen molar-refractivity contribution in [3.05, 3.63) is 36.0 Å². The Balaban J connectivity index is 2.09. The molecule has 2 rings (SSSR count).